The maximum Gasteiger partial charge on any atom is 0.306 e. The molecule has 0 heterocycles. The molecule has 6 nitrogen and oxygen atoms in total. The first kappa shape index (κ1) is 54.3. The van der Waals surface area contributed by atoms with Gasteiger partial charge in [0.2, 0.25) is 5.91 Å². The zero-order valence-corrected chi connectivity index (χ0v) is 37.2. The van der Waals surface area contributed by atoms with Crippen molar-refractivity contribution >= 4 is 11.9 Å². The first-order valence-electron chi connectivity index (χ1n) is 23.7. The van der Waals surface area contributed by atoms with Gasteiger partial charge in [0.05, 0.1) is 25.2 Å². The van der Waals surface area contributed by atoms with Gasteiger partial charge in [-0.25, -0.2) is 0 Å². The van der Waals surface area contributed by atoms with Gasteiger partial charge in [-0.3, -0.25) is 9.59 Å². The standard InChI is InChI=1S/C51H89NO5/c1-4-7-10-13-16-19-21-22-23-24-25-26-27-29-32-35-38-41-44-51(56)57-47(42-39-36-33-31-28-20-17-14-11-8-5-2)45-50(55)52-48(46-53)49(54)43-40-37-34-30-18-15-12-9-6-3/h8,11,14,17,20,23-26,28,31,33,47-49,53-54H,4-7,9-10,12-13,15-16,18-19,21-22,27,29-30,32,34-46H2,1-3H3,(H,52,55)/b11-8+,17-14+,24-23+,26-25+,28-20-,33-31-. The second-order valence-corrected chi connectivity index (χ2v) is 15.9. The summed E-state index contributed by atoms with van der Waals surface area (Å²) < 4.78 is 5.86. The number of esters is 1. The number of nitrogens with one attached hydrogen (secondary N) is 1. The SMILES string of the molecule is CC/C=C/C=C/C=C\C=C/CCCC(CC(=O)NC(CO)C(O)CCCCCCCCCCC)OC(=O)CCCCCCC/C=C/C=C/CCCCCCCCC. The van der Waals surface area contributed by atoms with Gasteiger partial charge in [-0.15, -0.1) is 0 Å². The van der Waals surface area contributed by atoms with Gasteiger partial charge in [-0.1, -0.05) is 209 Å². The molecule has 0 rings (SSSR count). The van der Waals surface area contributed by atoms with Crippen LogP contribution in [0.15, 0.2) is 72.9 Å². The van der Waals surface area contributed by atoms with E-state index in [2.05, 4.69) is 62.5 Å². The van der Waals surface area contributed by atoms with E-state index in [-0.39, 0.29) is 24.9 Å². The number of allylic oxidation sites excluding steroid dienone is 12. The molecule has 3 N–H and O–H groups in total. The molecular formula is C51H89NO5. The minimum Gasteiger partial charge on any atom is -0.462 e. The van der Waals surface area contributed by atoms with Crippen molar-refractivity contribution in [1.29, 1.82) is 0 Å². The van der Waals surface area contributed by atoms with Gasteiger partial charge in [0, 0.05) is 6.42 Å². The topological polar surface area (TPSA) is 95.9 Å². The zero-order valence-electron chi connectivity index (χ0n) is 37.2. The van der Waals surface area contributed by atoms with Gasteiger partial charge in [-0.05, 0) is 64.2 Å². The second kappa shape index (κ2) is 44.4. The molecule has 0 bridgehead atoms. The Morgan fingerprint density at radius 2 is 0.965 bits per heavy atom. The van der Waals surface area contributed by atoms with E-state index < -0.39 is 18.2 Å². The van der Waals surface area contributed by atoms with Crippen molar-refractivity contribution < 1.29 is 24.5 Å². The minimum atomic E-state index is -0.808. The van der Waals surface area contributed by atoms with E-state index in [0.29, 0.717) is 19.3 Å². The molecular weight excluding hydrogens is 707 g/mol. The molecule has 3 atom stereocenters. The number of hydrogen-bond donors (Lipinski definition) is 3. The van der Waals surface area contributed by atoms with E-state index in [1.54, 1.807) is 0 Å². The Morgan fingerprint density at radius 1 is 0.526 bits per heavy atom. The Morgan fingerprint density at radius 3 is 1.49 bits per heavy atom. The number of amides is 1. The Kier molecular flexibility index (Phi) is 42.3. The summed E-state index contributed by atoms with van der Waals surface area (Å²) in [6, 6.07) is -0.726. The smallest absolute Gasteiger partial charge is 0.306 e. The number of aliphatic hydroxyl groups is 2. The molecule has 0 radical (unpaired) electrons. The third-order valence-electron chi connectivity index (χ3n) is 10.4. The fourth-order valence-corrected chi connectivity index (χ4v) is 6.79. The average molecular weight is 796 g/mol. The molecule has 0 spiro atoms. The van der Waals surface area contributed by atoms with Gasteiger partial charge in [0.1, 0.15) is 6.10 Å². The summed E-state index contributed by atoms with van der Waals surface area (Å²) in [7, 11) is 0. The second-order valence-electron chi connectivity index (χ2n) is 15.9. The number of aliphatic hydroxyl groups excluding tert-OH is 2. The lowest BCUT2D eigenvalue weighted by molar-refractivity contribution is -0.151. The van der Waals surface area contributed by atoms with Gasteiger partial charge in [0.25, 0.3) is 0 Å². The van der Waals surface area contributed by atoms with Gasteiger partial charge in [-0.2, -0.15) is 0 Å². The maximum absolute atomic E-state index is 13.1. The third-order valence-corrected chi connectivity index (χ3v) is 10.4. The Labute approximate surface area is 351 Å². The molecule has 0 fully saturated rings. The van der Waals surface area contributed by atoms with Crippen molar-refractivity contribution in [2.75, 3.05) is 6.61 Å². The predicted octanol–water partition coefficient (Wildman–Crippen LogP) is 13.8. The average Bonchev–Trinajstić information content (AvgIpc) is 3.20. The highest BCUT2D eigenvalue weighted by Crippen LogP contribution is 2.16. The normalized spacial score (nSPS) is 14.0. The molecule has 328 valence electrons. The van der Waals surface area contributed by atoms with Crippen molar-refractivity contribution in [3.05, 3.63) is 72.9 Å². The van der Waals surface area contributed by atoms with Crippen LogP contribution in [0, 0.1) is 0 Å². The summed E-state index contributed by atoms with van der Waals surface area (Å²) in [5, 5.41) is 23.6. The summed E-state index contributed by atoms with van der Waals surface area (Å²) in [4.78, 5) is 26.0. The summed E-state index contributed by atoms with van der Waals surface area (Å²) in [5.41, 5.74) is 0. The Balaban J connectivity index is 4.64. The van der Waals surface area contributed by atoms with Crippen LogP contribution in [0.5, 0.6) is 0 Å². The lowest BCUT2D eigenvalue weighted by atomic mass is 10.0. The van der Waals surface area contributed by atoms with Gasteiger partial charge >= 0.3 is 5.97 Å². The first-order chi connectivity index (χ1) is 28.0. The van der Waals surface area contributed by atoms with E-state index >= 15 is 0 Å². The van der Waals surface area contributed by atoms with Gasteiger partial charge < -0.3 is 20.3 Å². The van der Waals surface area contributed by atoms with Crippen molar-refractivity contribution in [2.45, 2.75) is 232 Å². The van der Waals surface area contributed by atoms with Crippen LogP contribution in [0.2, 0.25) is 0 Å². The predicted molar refractivity (Wildman–Crippen MR) is 245 cm³/mol. The third kappa shape index (κ3) is 39.9. The summed E-state index contributed by atoms with van der Waals surface area (Å²) in [5.74, 6) is -0.566. The molecule has 1 amide bonds. The molecule has 0 aromatic heterocycles. The number of ether oxygens (including phenoxy) is 1. The van der Waals surface area contributed by atoms with Crippen LogP contribution >= 0.6 is 0 Å². The van der Waals surface area contributed by atoms with Crippen LogP contribution in [0.3, 0.4) is 0 Å². The van der Waals surface area contributed by atoms with Crippen LogP contribution in [0.4, 0.5) is 0 Å². The fraction of sp³-hybridized carbons (Fsp3) is 0.725. The highest BCUT2D eigenvalue weighted by atomic mass is 16.5. The molecule has 0 aromatic rings. The van der Waals surface area contributed by atoms with Crippen molar-refractivity contribution in [1.82, 2.24) is 5.32 Å². The van der Waals surface area contributed by atoms with E-state index in [1.807, 2.05) is 36.5 Å². The molecule has 6 heteroatoms. The molecule has 0 saturated carbocycles. The van der Waals surface area contributed by atoms with Crippen LogP contribution in [-0.4, -0.2) is 46.9 Å². The zero-order chi connectivity index (χ0) is 41.7. The number of unbranched alkanes of at least 4 members (excludes halogenated alkanes) is 21. The largest absolute Gasteiger partial charge is 0.462 e. The van der Waals surface area contributed by atoms with E-state index in [0.717, 1.165) is 77.0 Å². The van der Waals surface area contributed by atoms with Crippen molar-refractivity contribution in [2.24, 2.45) is 0 Å². The highest BCUT2D eigenvalue weighted by molar-refractivity contribution is 5.77. The molecule has 0 aliphatic carbocycles. The Bertz CT molecular complexity index is 1070. The number of rotatable bonds is 41. The van der Waals surface area contributed by atoms with Crippen LogP contribution in [0.1, 0.15) is 213 Å². The van der Waals surface area contributed by atoms with Crippen LogP contribution in [-0.2, 0) is 14.3 Å². The molecule has 0 aliphatic rings. The molecule has 0 saturated heterocycles. The van der Waals surface area contributed by atoms with Crippen molar-refractivity contribution in [3.8, 4) is 0 Å². The summed E-state index contributed by atoms with van der Waals surface area (Å²) in [6.45, 7) is 6.27. The quantitative estimate of drug-likeness (QED) is 0.0325. The number of carbonyl (C=O) groups is 2. The highest BCUT2D eigenvalue weighted by Gasteiger charge is 2.24. The lowest BCUT2D eigenvalue weighted by Gasteiger charge is -2.24. The molecule has 0 aliphatic heterocycles. The molecule has 0 aromatic carbocycles. The van der Waals surface area contributed by atoms with Crippen molar-refractivity contribution in [3.63, 3.8) is 0 Å². The molecule has 57 heavy (non-hydrogen) atoms. The number of hydrogen-bond acceptors (Lipinski definition) is 5. The molecule has 3 unspecified atom stereocenters. The van der Waals surface area contributed by atoms with E-state index in [1.165, 1.54) is 89.9 Å². The Hall–Kier alpha value is -2.70. The minimum absolute atomic E-state index is 0.0223. The maximum atomic E-state index is 13.1. The summed E-state index contributed by atoms with van der Waals surface area (Å²) in [6.07, 6.45) is 55.5. The van der Waals surface area contributed by atoms with Crippen LogP contribution < -0.4 is 5.32 Å². The van der Waals surface area contributed by atoms with E-state index in [4.69, 9.17) is 4.74 Å². The number of carbonyl (C=O) groups excluding carboxylic acids is 2. The van der Waals surface area contributed by atoms with Gasteiger partial charge in [0.15, 0.2) is 0 Å². The monoisotopic (exact) mass is 796 g/mol. The van der Waals surface area contributed by atoms with E-state index in [9.17, 15) is 19.8 Å². The summed E-state index contributed by atoms with van der Waals surface area (Å²) >= 11 is 0. The lowest BCUT2D eigenvalue weighted by Crippen LogP contribution is -2.46. The first-order valence-corrected chi connectivity index (χ1v) is 23.7. The van der Waals surface area contributed by atoms with Crippen LogP contribution in [0.25, 0.3) is 0 Å². The fourth-order valence-electron chi connectivity index (χ4n) is 6.79.